The molecule has 2 nitrogen and oxygen atoms in total. The Morgan fingerprint density at radius 1 is 1.57 bits per heavy atom. The highest BCUT2D eigenvalue weighted by molar-refractivity contribution is 9.10. The van der Waals surface area contributed by atoms with E-state index in [0.29, 0.717) is 0 Å². The molecule has 0 amide bonds. The average Bonchev–Trinajstić information content (AvgIpc) is 2.57. The summed E-state index contributed by atoms with van der Waals surface area (Å²) in [5.74, 6) is 0. The third-order valence-electron chi connectivity index (χ3n) is 2.89. The second-order valence-corrected chi connectivity index (χ2v) is 4.57. The van der Waals surface area contributed by atoms with Crippen LogP contribution in [-0.2, 0) is 11.8 Å². The number of hydrogen-bond acceptors (Lipinski definition) is 2. The van der Waals surface area contributed by atoms with Crippen LogP contribution in [0.4, 0.5) is 0 Å². The van der Waals surface area contributed by atoms with Gasteiger partial charge in [0.2, 0.25) is 0 Å². The number of nitrogens with zero attached hydrogens (tertiary/aromatic N) is 1. The molecule has 1 aromatic carbocycles. The summed E-state index contributed by atoms with van der Waals surface area (Å²) in [5.41, 5.74) is 1.50. The van der Waals surface area contributed by atoms with E-state index in [1.54, 1.807) is 0 Å². The lowest BCUT2D eigenvalue weighted by atomic mass is 9.84. The van der Waals surface area contributed by atoms with Crippen LogP contribution in [0.15, 0.2) is 22.7 Å². The number of halogens is 1. The largest absolute Gasteiger partial charge is 0.394 e. The molecule has 0 bridgehead atoms. The number of fused-ring (bicyclic) bond motifs is 1. The third kappa shape index (κ3) is 1.26. The lowest BCUT2D eigenvalue weighted by molar-refractivity contribution is 0.229. The molecule has 1 atom stereocenters. The Balaban J connectivity index is 2.58. The van der Waals surface area contributed by atoms with Crippen molar-refractivity contribution < 1.29 is 5.11 Å². The van der Waals surface area contributed by atoms with Gasteiger partial charge in [0.25, 0.3) is 0 Å². The van der Waals surface area contributed by atoms with Crippen molar-refractivity contribution >= 4 is 15.9 Å². The maximum atomic E-state index is 9.32. The van der Waals surface area contributed by atoms with Crippen LogP contribution >= 0.6 is 15.9 Å². The van der Waals surface area contributed by atoms with Gasteiger partial charge in [-0.3, -0.25) is 0 Å². The van der Waals surface area contributed by atoms with Crippen LogP contribution in [0.1, 0.15) is 17.5 Å². The van der Waals surface area contributed by atoms with E-state index < -0.39 is 5.41 Å². The Labute approximate surface area is 91.3 Å². The fourth-order valence-corrected chi connectivity index (χ4v) is 2.37. The summed E-state index contributed by atoms with van der Waals surface area (Å²) < 4.78 is 0.964. The van der Waals surface area contributed by atoms with Gasteiger partial charge in [-0.05, 0) is 36.1 Å². The highest BCUT2D eigenvalue weighted by Gasteiger charge is 2.38. The lowest BCUT2D eigenvalue weighted by Gasteiger charge is -2.18. The molecule has 0 fully saturated rings. The fraction of sp³-hybridized carbons (Fsp3) is 0.364. The van der Waals surface area contributed by atoms with Gasteiger partial charge in [0, 0.05) is 4.47 Å². The first kappa shape index (κ1) is 9.70. The third-order valence-corrected chi connectivity index (χ3v) is 3.39. The van der Waals surface area contributed by atoms with E-state index in [4.69, 9.17) is 5.26 Å². The minimum atomic E-state index is -0.668. The van der Waals surface area contributed by atoms with Crippen molar-refractivity contribution in [3.63, 3.8) is 0 Å². The molecule has 0 aromatic heterocycles. The molecule has 1 N–H and O–H groups in total. The van der Waals surface area contributed by atoms with Gasteiger partial charge in [-0.1, -0.05) is 22.0 Å². The van der Waals surface area contributed by atoms with Gasteiger partial charge in [0.1, 0.15) is 5.41 Å². The van der Waals surface area contributed by atoms with Gasteiger partial charge in [-0.15, -0.1) is 0 Å². The zero-order chi connectivity index (χ0) is 10.2. The number of aliphatic hydroxyl groups is 1. The molecule has 1 aliphatic carbocycles. The molecule has 0 spiro atoms. The molecule has 0 radical (unpaired) electrons. The van der Waals surface area contributed by atoms with Crippen LogP contribution < -0.4 is 0 Å². The second kappa shape index (κ2) is 3.38. The molecule has 0 saturated carbocycles. The maximum Gasteiger partial charge on any atom is 0.106 e. The molecule has 1 aliphatic rings. The average molecular weight is 252 g/mol. The van der Waals surface area contributed by atoms with Crippen LogP contribution in [0.25, 0.3) is 0 Å². The number of nitriles is 1. The molecule has 0 heterocycles. The predicted octanol–water partition coefficient (Wildman–Crippen LogP) is 2.15. The quantitative estimate of drug-likeness (QED) is 0.832. The summed E-state index contributed by atoms with van der Waals surface area (Å²) in [6.07, 6.45) is 1.61. The summed E-state index contributed by atoms with van der Waals surface area (Å²) in [4.78, 5) is 0. The van der Waals surface area contributed by atoms with Crippen molar-refractivity contribution in [1.82, 2.24) is 0 Å². The molecular weight excluding hydrogens is 242 g/mol. The number of rotatable bonds is 1. The highest BCUT2D eigenvalue weighted by atomic mass is 79.9. The monoisotopic (exact) mass is 251 g/mol. The normalized spacial score (nSPS) is 24.4. The summed E-state index contributed by atoms with van der Waals surface area (Å²) in [6, 6.07) is 8.18. The Morgan fingerprint density at radius 3 is 3.00 bits per heavy atom. The minimum Gasteiger partial charge on any atom is -0.394 e. The maximum absolute atomic E-state index is 9.32. The number of hydrogen-bond donors (Lipinski definition) is 1. The smallest absolute Gasteiger partial charge is 0.106 e. The molecule has 0 saturated heterocycles. The van der Waals surface area contributed by atoms with Crippen molar-refractivity contribution in [3.8, 4) is 6.07 Å². The number of aryl methyl sites for hydroxylation is 1. The molecule has 1 unspecified atom stereocenters. The fourth-order valence-electron chi connectivity index (χ4n) is 2.01. The summed E-state index contributed by atoms with van der Waals surface area (Å²) in [7, 11) is 0. The number of benzene rings is 1. The predicted molar refractivity (Wildman–Crippen MR) is 56.8 cm³/mol. The first-order valence-electron chi connectivity index (χ1n) is 4.53. The van der Waals surface area contributed by atoms with E-state index >= 15 is 0 Å². The standard InChI is InChI=1S/C11H10BrNO/c12-9-2-1-8-3-4-11(6-13,7-14)10(8)5-9/h1-2,5,14H,3-4,7H2. The topological polar surface area (TPSA) is 44.0 Å². The van der Waals surface area contributed by atoms with Crippen molar-refractivity contribution in [2.24, 2.45) is 0 Å². The van der Waals surface area contributed by atoms with Crippen LogP contribution in [0.2, 0.25) is 0 Å². The Hall–Kier alpha value is -0.850. The SMILES string of the molecule is N#CC1(CO)CCc2ccc(Br)cc21. The Morgan fingerprint density at radius 2 is 2.36 bits per heavy atom. The van der Waals surface area contributed by atoms with Crippen LogP contribution in [0.5, 0.6) is 0 Å². The van der Waals surface area contributed by atoms with Gasteiger partial charge in [0.15, 0.2) is 0 Å². The minimum absolute atomic E-state index is 0.0903. The zero-order valence-corrected chi connectivity index (χ0v) is 9.21. The summed E-state index contributed by atoms with van der Waals surface area (Å²) >= 11 is 3.38. The Kier molecular flexibility index (Phi) is 2.34. The van der Waals surface area contributed by atoms with Gasteiger partial charge < -0.3 is 5.11 Å². The van der Waals surface area contributed by atoms with Crippen molar-refractivity contribution in [1.29, 1.82) is 5.26 Å². The molecule has 14 heavy (non-hydrogen) atoms. The van der Waals surface area contributed by atoms with Crippen molar-refractivity contribution in [3.05, 3.63) is 33.8 Å². The van der Waals surface area contributed by atoms with Gasteiger partial charge >= 0.3 is 0 Å². The zero-order valence-electron chi connectivity index (χ0n) is 7.63. The number of aliphatic hydroxyl groups excluding tert-OH is 1. The van der Waals surface area contributed by atoms with E-state index in [1.807, 2.05) is 18.2 Å². The van der Waals surface area contributed by atoms with E-state index in [-0.39, 0.29) is 6.61 Å². The van der Waals surface area contributed by atoms with Crippen LogP contribution in [0, 0.1) is 11.3 Å². The van der Waals surface area contributed by atoms with Crippen LogP contribution in [0.3, 0.4) is 0 Å². The lowest BCUT2D eigenvalue weighted by Crippen LogP contribution is -2.25. The van der Waals surface area contributed by atoms with E-state index in [1.165, 1.54) is 5.56 Å². The Bertz CT molecular complexity index is 410. The highest BCUT2D eigenvalue weighted by Crippen LogP contribution is 2.39. The van der Waals surface area contributed by atoms with E-state index in [2.05, 4.69) is 22.0 Å². The second-order valence-electron chi connectivity index (χ2n) is 3.65. The van der Waals surface area contributed by atoms with Crippen LogP contribution in [-0.4, -0.2) is 11.7 Å². The van der Waals surface area contributed by atoms with Gasteiger partial charge in [0.05, 0.1) is 12.7 Å². The van der Waals surface area contributed by atoms with E-state index in [9.17, 15) is 5.11 Å². The molecular formula is C11H10BrNO. The molecule has 0 aliphatic heterocycles. The van der Waals surface area contributed by atoms with Crippen molar-refractivity contribution in [2.75, 3.05) is 6.61 Å². The van der Waals surface area contributed by atoms with Crippen molar-refractivity contribution in [2.45, 2.75) is 18.3 Å². The molecule has 3 heteroatoms. The molecule has 72 valence electrons. The van der Waals surface area contributed by atoms with Gasteiger partial charge in [-0.2, -0.15) is 5.26 Å². The summed E-state index contributed by atoms with van der Waals surface area (Å²) in [5, 5.41) is 18.4. The summed E-state index contributed by atoms with van der Waals surface area (Å²) in [6.45, 7) is -0.0903. The van der Waals surface area contributed by atoms with Gasteiger partial charge in [-0.25, -0.2) is 0 Å². The molecule has 2 rings (SSSR count). The molecule has 1 aromatic rings. The first-order chi connectivity index (χ1) is 6.72. The van der Waals surface area contributed by atoms with E-state index in [0.717, 1.165) is 22.9 Å². The first-order valence-corrected chi connectivity index (χ1v) is 5.32.